The first-order valence-corrected chi connectivity index (χ1v) is 8.75. The molecule has 3 rings (SSSR count). The van der Waals surface area contributed by atoms with E-state index in [1.165, 1.54) is 19.3 Å². The van der Waals surface area contributed by atoms with Gasteiger partial charge in [0.25, 0.3) is 0 Å². The summed E-state index contributed by atoms with van der Waals surface area (Å²) in [6.07, 6.45) is 6.10. The van der Waals surface area contributed by atoms with Gasteiger partial charge < -0.3 is 19.5 Å². The first kappa shape index (κ1) is 16.9. The minimum atomic E-state index is 0.129. The zero-order valence-corrected chi connectivity index (χ0v) is 14.8. The summed E-state index contributed by atoms with van der Waals surface area (Å²) in [6, 6.07) is 4.18. The lowest BCUT2D eigenvalue weighted by atomic mass is 9.95. The quantitative estimate of drug-likeness (QED) is 0.833. The molecule has 1 N–H and O–H groups in total. The van der Waals surface area contributed by atoms with Crippen LogP contribution in [0.15, 0.2) is 12.1 Å². The second-order valence-corrected chi connectivity index (χ2v) is 6.76. The Morgan fingerprint density at radius 1 is 1.12 bits per heavy atom. The Kier molecular flexibility index (Phi) is 5.17. The minimum absolute atomic E-state index is 0.129. The molecule has 0 saturated heterocycles. The van der Waals surface area contributed by atoms with E-state index in [4.69, 9.17) is 14.2 Å². The lowest BCUT2D eigenvalue weighted by Gasteiger charge is -2.22. The number of carbonyl (C=O) groups is 1. The Morgan fingerprint density at radius 2 is 1.92 bits per heavy atom. The van der Waals surface area contributed by atoms with E-state index >= 15 is 0 Å². The summed E-state index contributed by atoms with van der Waals surface area (Å²) in [4.78, 5) is 12.3. The maximum absolute atomic E-state index is 12.3. The molecule has 0 aliphatic heterocycles. The lowest BCUT2D eigenvalue weighted by Crippen LogP contribution is -2.38. The van der Waals surface area contributed by atoms with Crippen molar-refractivity contribution in [3.05, 3.63) is 17.7 Å². The molecule has 0 radical (unpaired) electrons. The largest absolute Gasteiger partial charge is 0.493 e. The molecule has 0 bridgehead atoms. The van der Waals surface area contributed by atoms with Gasteiger partial charge in [-0.3, -0.25) is 4.79 Å². The molecule has 0 heterocycles. The number of aryl methyl sites for hydroxylation is 1. The van der Waals surface area contributed by atoms with Gasteiger partial charge in [-0.05, 0) is 42.7 Å². The van der Waals surface area contributed by atoms with Crippen molar-refractivity contribution in [2.24, 2.45) is 11.8 Å². The molecule has 3 atom stereocenters. The Morgan fingerprint density at radius 3 is 2.62 bits per heavy atom. The molecule has 5 heteroatoms. The van der Waals surface area contributed by atoms with Gasteiger partial charge in [0.1, 0.15) is 0 Å². The fourth-order valence-electron chi connectivity index (χ4n) is 3.98. The van der Waals surface area contributed by atoms with Gasteiger partial charge in [0, 0.05) is 12.5 Å². The van der Waals surface area contributed by atoms with Crippen molar-refractivity contribution in [3.8, 4) is 17.2 Å². The Balaban J connectivity index is 1.60. The number of methoxy groups -OCH3 is 3. The van der Waals surface area contributed by atoms with Crippen molar-refractivity contribution in [1.29, 1.82) is 0 Å². The standard InChI is InChI=1S/C19H27NO4/c1-22-16-9-7-12(18(23-2)19(16)24-3)8-10-17(21)20-15-6-4-5-13-11-14(13)15/h7,9,13-15H,4-6,8,10-11H2,1-3H3,(H,20,21)/t13-,14+,15?/m0/s1. The topological polar surface area (TPSA) is 56.8 Å². The number of carbonyl (C=O) groups excluding carboxylic acids is 1. The van der Waals surface area contributed by atoms with Gasteiger partial charge >= 0.3 is 0 Å². The summed E-state index contributed by atoms with van der Waals surface area (Å²) < 4.78 is 16.2. The van der Waals surface area contributed by atoms with E-state index in [2.05, 4.69) is 5.32 Å². The highest BCUT2D eigenvalue weighted by Gasteiger charge is 2.45. The van der Waals surface area contributed by atoms with Gasteiger partial charge in [-0.15, -0.1) is 0 Å². The normalized spacial score (nSPS) is 24.7. The number of hydrogen-bond acceptors (Lipinski definition) is 4. The van der Waals surface area contributed by atoms with E-state index in [0.717, 1.165) is 23.8 Å². The Bertz CT molecular complexity index is 601. The molecule has 132 valence electrons. The highest BCUT2D eigenvalue weighted by atomic mass is 16.5. The zero-order valence-electron chi connectivity index (χ0n) is 14.8. The van der Waals surface area contributed by atoms with Crippen LogP contribution in [0, 0.1) is 11.8 Å². The van der Waals surface area contributed by atoms with Gasteiger partial charge in [0.15, 0.2) is 11.5 Å². The highest BCUT2D eigenvalue weighted by molar-refractivity contribution is 5.77. The highest BCUT2D eigenvalue weighted by Crippen LogP contribution is 2.49. The van der Waals surface area contributed by atoms with Gasteiger partial charge in [-0.25, -0.2) is 0 Å². The van der Waals surface area contributed by atoms with Gasteiger partial charge in [-0.2, -0.15) is 0 Å². The first-order valence-electron chi connectivity index (χ1n) is 8.75. The van der Waals surface area contributed by atoms with E-state index in [0.29, 0.717) is 36.1 Å². The average Bonchev–Trinajstić information content (AvgIpc) is 3.39. The van der Waals surface area contributed by atoms with Gasteiger partial charge in [-0.1, -0.05) is 18.9 Å². The van der Waals surface area contributed by atoms with E-state index in [1.54, 1.807) is 21.3 Å². The van der Waals surface area contributed by atoms with E-state index in [9.17, 15) is 4.79 Å². The second kappa shape index (κ2) is 7.32. The van der Waals surface area contributed by atoms with Crippen molar-refractivity contribution < 1.29 is 19.0 Å². The number of amides is 1. The summed E-state index contributed by atoms with van der Waals surface area (Å²) in [5.41, 5.74) is 0.957. The summed E-state index contributed by atoms with van der Waals surface area (Å²) >= 11 is 0. The SMILES string of the molecule is COc1ccc(CCC(=O)NC2CCC[C@H]3C[C@@H]23)c(OC)c1OC. The number of hydrogen-bond donors (Lipinski definition) is 1. The monoisotopic (exact) mass is 333 g/mol. The third kappa shape index (κ3) is 3.45. The zero-order chi connectivity index (χ0) is 17.1. The van der Waals surface area contributed by atoms with Crippen LogP contribution < -0.4 is 19.5 Å². The average molecular weight is 333 g/mol. The van der Waals surface area contributed by atoms with Crippen LogP contribution in [0.25, 0.3) is 0 Å². The van der Waals surface area contributed by atoms with E-state index in [1.807, 2.05) is 12.1 Å². The Labute approximate surface area is 143 Å². The molecule has 2 saturated carbocycles. The number of rotatable bonds is 7. The molecule has 0 aromatic heterocycles. The third-order valence-electron chi connectivity index (χ3n) is 5.34. The van der Waals surface area contributed by atoms with Crippen LogP contribution in [0.5, 0.6) is 17.2 Å². The predicted molar refractivity (Wildman–Crippen MR) is 91.8 cm³/mol. The van der Waals surface area contributed by atoms with Crippen LogP contribution in [-0.2, 0) is 11.2 Å². The van der Waals surface area contributed by atoms with Crippen molar-refractivity contribution in [1.82, 2.24) is 5.32 Å². The molecule has 5 nitrogen and oxygen atoms in total. The first-order chi connectivity index (χ1) is 11.7. The molecule has 1 unspecified atom stereocenters. The molecule has 2 fully saturated rings. The van der Waals surface area contributed by atoms with Crippen LogP contribution in [0.1, 0.15) is 37.7 Å². The number of nitrogens with one attached hydrogen (secondary N) is 1. The molecular formula is C19H27NO4. The van der Waals surface area contributed by atoms with Gasteiger partial charge in [0.05, 0.1) is 21.3 Å². The summed E-state index contributed by atoms with van der Waals surface area (Å²) in [5.74, 6) is 3.58. The Hall–Kier alpha value is -1.91. The van der Waals surface area contributed by atoms with Gasteiger partial charge in [0.2, 0.25) is 11.7 Å². The molecule has 1 amide bonds. The van der Waals surface area contributed by atoms with Crippen LogP contribution in [-0.4, -0.2) is 33.3 Å². The molecule has 1 aromatic rings. The molecular weight excluding hydrogens is 306 g/mol. The summed E-state index contributed by atoms with van der Waals surface area (Å²) in [6.45, 7) is 0. The van der Waals surface area contributed by atoms with Crippen LogP contribution in [0.4, 0.5) is 0 Å². The third-order valence-corrected chi connectivity index (χ3v) is 5.34. The molecule has 2 aliphatic carbocycles. The van der Waals surface area contributed by atoms with E-state index < -0.39 is 0 Å². The van der Waals surface area contributed by atoms with Crippen molar-refractivity contribution in [2.45, 2.75) is 44.6 Å². The second-order valence-electron chi connectivity index (χ2n) is 6.76. The maximum atomic E-state index is 12.3. The van der Waals surface area contributed by atoms with Crippen molar-refractivity contribution in [3.63, 3.8) is 0 Å². The molecule has 0 spiro atoms. The summed E-state index contributed by atoms with van der Waals surface area (Å²) in [7, 11) is 4.79. The maximum Gasteiger partial charge on any atom is 0.220 e. The smallest absolute Gasteiger partial charge is 0.220 e. The predicted octanol–water partition coefficient (Wildman–Crippen LogP) is 2.95. The molecule has 24 heavy (non-hydrogen) atoms. The molecule has 1 aromatic carbocycles. The summed E-state index contributed by atoms with van der Waals surface area (Å²) in [5, 5.41) is 3.23. The fourth-order valence-corrected chi connectivity index (χ4v) is 3.98. The number of benzene rings is 1. The molecule has 2 aliphatic rings. The minimum Gasteiger partial charge on any atom is -0.493 e. The fraction of sp³-hybridized carbons (Fsp3) is 0.632. The van der Waals surface area contributed by atoms with Crippen LogP contribution in [0.2, 0.25) is 0 Å². The number of ether oxygens (including phenoxy) is 3. The van der Waals surface area contributed by atoms with Crippen molar-refractivity contribution in [2.75, 3.05) is 21.3 Å². The van der Waals surface area contributed by atoms with Crippen LogP contribution >= 0.6 is 0 Å². The number of fused-ring (bicyclic) bond motifs is 1. The van der Waals surface area contributed by atoms with E-state index in [-0.39, 0.29) is 5.91 Å². The van der Waals surface area contributed by atoms with Crippen molar-refractivity contribution >= 4 is 5.91 Å². The van der Waals surface area contributed by atoms with Crippen LogP contribution in [0.3, 0.4) is 0 Å². The lowest BCUT2D eigenvalue weighted by molar-refractivity contribution is -0.122.